The number of nitrogens with zero attached hydrogens (tertiary/aromatic N) is 9. The number of hydrogen-bond acceptors (Lipinski definition) is 3. The molecule has 0 radical (unpaired) electrons. The molecule has 0 amide bonds. The Kier molecular flexibility index (Phi) is 20.3. The molecule has 9 nitrogen and oxygen atoms in total. The lowest BCUT2D eigenvalue weighted by Crippen LogP contribution is -2.06. The number of para-hydroxylation sites is 8. The number of hydrogen-bond donors (Lipinski definition) is 0. The fourth-order valence-corrected chi connectivity index (χ4v) is 21.8. The topological polar surface area (TPSA) is 68.2 Å². The summed E-state index contributed by atoms with van der Waals surface area (Å²) in [7, 11) is 0. The van der Waals surface area contributed by atoms with Crippen LogP contribution in [0.2, 0.25) is 0 Å². The summed E-state index contributed by atoms with van der Waals surface area (Å²) in [5.74, 6) is 1.63. The van der Waals surface area contributed by atoms with Crippen molar-refractivity contribution < 1.29 is 4.39 Å². The zero-order chi connectivity index (χ0) is 94.5. The molecule has 0 aliphatic heterocycles. The van der Waals surface area contributed by atoms with Crippen LogP contribution in [0.3, 0.4) is 0 Å². The second kappa shape index (κ2) is 34.8. The van der Waals surface area contributed by atoms with Gasteiger partial charge < -0.3 is 22.8 Å². The first kappa shape index (κ1) is 83.2. The van der Waals surface area contributed by atoms with Crippen molar-refractivity contribution in [2.24, 2.45) is 0 Å². The van der Waals surface area contributed by atoms with E-state index in [2.05, 4.69) is 464 Å². The Balaban J connectivity index is 0.000000108. The maximum Gasteiger partial charge on any atom is 0.238 e. The van der Waals surface area contributed by atoms with Gasteiger partial charge >= 0.3 is 0 Å². The van der Waals surface area contributed by atoms with E-state index in [4.69, 9.17) is 15.0 Å². The molecule has 0 aliphatic rings. The van der Waals surface area contributed by atoms with Crippen LogP contribution in [-0.2, 0) is 0 Å². The first-order valence-corrected chi connectivity index (χ1v) is 48.5. The van der Waals surface area contributed by atoms with Crippen LogP contribution in [0.25, 0.3) is 254 Å². The van der Waals surface area contributed by atoms with Crippen molar-refractivity contribution in [1.29, 1.82) is 0 Å². The van der Waals surface area contributed by atoms with Gasteiger partial charge in [0.1, 0.15) is 5.82 Å². The number of benzene rings is 22. The first-order chi connectivity index (χ1) is 70.8. The number of halogens is 1. The number of fused-ring (bicyclic) bond motifs is 19. The van der Waals surface area contributed by atoms with E-state index in [0.717, 1.165) is 83.2 Å². The van der Waals surface area contributed by atoms with E-state index in [1.807, 2.05) is 72.8 Å². The van der Waals surface area contributed by atoms with E-state index >= 15 is 0 Å². The van der Waals surface area contributed by atoms with Gasteiger partial charge in [0, 0.05) is 104 Å². The minimum absolute atomic E-state index is 0.237. The van der Waals surface area contributed by atoms with E-state index in [1.54, 1.807) is 0 Å². The largest absolute Gasteiger partial charge is 0.309 e. The third-order valence-corrected chi connectivity index (χ3v) is 28.4. The van der Waals surface area contributed by atoms with Gasteiger partial charge in [-0.1, -0.05) is 334 Å². The Morgan fingerprint density at radius 1 is 0.133 bits per heavy atom. The van der Waals surface area contributed by atoms with Gasteiger partial charge in [0.25, 0.3) is 0 Å². The normalized spacial score (nSPS) is 11.7. The smallest absolute Gasteiger partial charge is 0.238 e. The van der Waals surface area contributed by atoms with Gasteiger partial charge in [-0.3, -0.25) is 4.57 Å². The highest BCUT2D eigenvalue weighted by atomic mass is 19.1. The Hall–Kier alpha value is -19.2. The van der Waals surface area contributed by atoms with Crippen molar-refractivity contribution in [3.8, 4) is 113 Å². The second-order valence-electron chi connectivity index (χ2n) is 36.7. The van der Waals surface area contributed by atoms with Crippen molar-refractivity contribution in [2.45, 2.75) is 0 Å². The molecular formula is C133H86FN9. The molecule has 10 heteroatoms. The van der Waals surface area contributed by atoms with Crippen molar-refractivity contribution in [3.05, 3.63) is 528 Å². The van der Waals surface area contributed by atoms with Gasteiger partial charge in [0.15, 0.2) is 11.6 Å². The summed E-state index contributed by atoms with van der Waals surface area (Å²) >= 11 is 0. The van der Waals surface area contributed by atoms with E-state index < -0.39 is 0 Å². The molecule has 143 heavy (non-hydrogen) atoms. The van der Waals surface area contributed by atoms with Crippen molar-refractivity contribution in [1.82, 2.24) is 42.4 Å². The Morgan fingerprint density at radius 2 is 0.378 bits per heavy atom. The molecule has 0 aliphatic carbocycles. The lowest BCUT2D eigenvalue weighted by molar-refractivity contribution is 0.627. The molecule has 29 rings (SSSR count). The van der Waals surface area contributed by atoms with Crippen molar-refractivity contribution >= 4 is 142 Å². The third kappa shape index (κ3) is 14.6. The Bertz CT molecular complexity index is 9920. The number of rotatable bonds is 13. The van der Waals surface area contributed by atoms with Crippen molar-refractivity contribution in [2.75, 3.05) is 0 Å². The lowest BCUT2D eigenvalue weighted by Gasteiger charge is -2.14. The summed E-state index contributed by atoms with van der Waals surface area (Å²) in [6, 6.07) is 184. The van der Waals surface area contributed by atoms with Crippen LogP contribution >= 0.6 is 0 Å². The molecule has 0 unspecified atom stereocenters. The monoisotopic (exact) mass is 1830 g/mol. The van der Waals surface area contributed by atoms with Crippen molar-refractivity contribution in [3.63, 3.8) is 0 Å². The summed E-state index contributed by atoms with van der Waals surface area (Å²) < 4.78 is 27.8. The van der Waals surface area contributed by atoms with Crippen LogP contribution in [0, 0.1) is 5.82 Å². The van der Waals surface area contributed by atoms with Crippen LogP contribution in [0.1, 0.15) is 0 Å². The van der Waals surface area contributed by atoms with E-state index in [-0.39, 0.29) is 5.82 Å². The Labute approximate surface area is 823 Å². The average molecular weight is 1830 g/mol. The molecule has 0 N–H and O–H groups in total. The summed E-state index contributed by atoms with van der Waals surface area (Å²) in [5, 5.41) is 17.1. The van der Waals surface area contributed by atoms with Gasteiger partial charge in [0.2, 0.25) is 5.95 Å². The molecule has 0 saturated carbocycles. The van der Waals surface area contributed by atoms with E-state index in [1.165, 1.54) is 166 Å². The number of aromatic nitrogens is 9. The molecule has 0 atom stereocenters. The Morgan fingerprint density at radius 3 is 0.713 bits per heavy atom. The van der Waals surface area contributed by atoms with Crippen LogP contribution in [0.5, 0.6) is 0 Å². The molecule has 0 bridgehead atoms. The fraction of sp³-hybridized carbons (Fsp3) is 0. The molecule has 29 aromatic rings. The van der Waals surface area contributed by atoms with Crippen LogP contribution in [0.4, 0.5) is 4.39 Å². The highest BCUT2D eigenvalue weighted by Crippen LogP contribution is 2.46. The van der Waals surface area contributed by atoms with Gasteiger partial charge in [-0.05, 0) is 254 Å². The molecule has 0 spiro atoms. The molecule has 22 aromatic carbocycles. The van der Waals surface area contributed by atoms with Gasteiger partial charge in [-0.25, -0.2) is 9.37 Å². The maximum absolute atomic E-state index is 13.9. The zero-order valence-electron chi connectivity index (χ0n) is 77.6. The summed E-state index contributed by atoms with van der Waals surface area (Å²) in [6.07, 6.45) is 0. The highest BCUT2D eigenvalue weighted by Gasteiger charge is 2.25. The molecular weight excluding hydrogens is 1740 g/mol. The van der Waals surface area contributed by atoms with E-state index in [9.17, 15) is 4.39 Å². The van der Waals surface area contributed by atoms with Gasteiger partial charge in [0.05, 0.1) is 66.2 Å². The molecule has 0 saturated heterocycles. The van der Waals surface area contributed by atoms with Gasteiger partial charge in [-0.15, -0.1) is 0 Å². The molecule has 7 aromatic heterocycles. The first-order valence-electron chi connectivity index (χ1n) is 48.5. The summed E-state index contributed by atoms with van der Waals surface area (Å²) in [4.78, 5) is 15.1. The lowest BCUT2D eigenvalue weighted by atomic mass is 9.98. The molecule has 670 valence electrons. The predicted octanol–water partition coefficient (Wildman–Crippen LogP) is 34.8. The van der Waals surface area contributed by atoms with Crippen LogP contribution in [0.15, 0.2) is 522 Å². The van der Waals surface area contributed by atoms with Gasteiger partial charge in [-0.2, -0.15) is 9.97 Å². The molecule has 7 heterocycles. The van der Waals surface area contributed by atoms with Crippen LogP contribution < -0.4 is 0 Å². The average Bonchev–Trinajstić information content (AvgIpc) is 1.57. The molecule has 0 fully saturated rings. The highest BCUT2D eigenvalue weighted by molar-refractivity contribution is 6.17. The fourth-order valence-electron chi connectivity index (χ4n) is 21.8. The SMILES string of the molecule is Fc1ccc(-n2c3ccccc3c3cc(-c4ccc5c(c4)c4ccccc4n5-c4cc(-c5ccccc5)cc(-c5ccccc5)c4)ccc32)cc1.c1ccc(-c2nc(-c3ccccc3)nc(-n3c4ccccc4c4cc(-c5ccc6c(c5)c5ccccc5n6-c5ccccc5)ccc43)n2)cc1.c1ccc(-n2c3ccccc3c3cc(-c4ccc5c(c4)c4ccccc4n5-c4ccc5ccccc5c4)ccc32)cc1. The standard InChI is InChI=1S/C48H31FN2.C45H29N5.C40H26N2/c49-38-21-23-39(24-22-38)50-45-17-9-7-15-41(45)43-30-34(19-25-47(43)50)35-20-26-48-44(31-35)42-16-8-10-18-46(42)51(48)40-28-36(32-11-3-1-4-12-32)27-37(29-40)33-13-5-2-6-14-33;1-4-14-30(15-5-1)43-46-44(31-16-6-2-7-17-31)48-45(47-43)50-40-23-13-11-21-36(40)38-29-33(25-27-42(38)50)32-24-26-41-37(28-32)35-20-10-12-22-39(35)49(41)34-18-8-3-9-19-34;1-2-12-31(13-3-1)41-37-16-8-6-14-33(37)35-25-29(19-22-39(35)41)30-20-23-40-36(26-30)34-15-7-9-17-38(34)42(40)32-21-18-27-10-4-5-11-28(27)24-32/h1-31H;1-29H;1-26H. The minimum atomic E-state index is -0.237. The predicted molar refractivity (Wildman–Crippen MR) is 594 cm³/mol. The maximum atomic E-state index is 13.9. The quantitative estimate of drug-likeness (QED) is 0.116. The van der Waals surface area contributed by atoms with Crippen LogP contribution in [-0.4, -0.2) is 42.4 Å². The third-order valence-electron chi connectivity index (χ3n) is 28.4. The summed E-state index contributed by atoms with van der Waals surface area (Å²) in [5.41, 5.74) is 33.2. The van der Waals surface area contributed by atoms with E-state index in [0.29, 0.717) is 17.6 Å². The zero-order valence-corrected chi connectivity index (χ0v) is 77.6. The second-order valence-corrected chi connectivity index (χ2v) is 36.7. The minimum Gasteiger partial charge on any atom is -0.309 e. The summed E-state index contributed by atoms with van der Waals surface area (Å²) in [6.45, 7) is 0.